The topological polar surface area (TPSA) is 40.6 Å². The summed E-state index contributed by atoms with van der Waals surface area (Å²) in [6, 6.07) is 29.0. The predicted molar refractivity (Wildman–Crippen MR) is 131 cm³/mol. The predicted octanol–water partition coefficient (Wildman–Crippen LogP) is 4.43. The minimum absolute atomic E-state index is 0.368. The molecule has 0 N–H and O–H groups in total. The molecule has 0 bridgehead atoms. The number of nitrogens with zero attached hydrogens (tertiary/aromatic N) is 2. The van der Waals surface area contributed by atoms with Crippen LogP contribution in [0.5, 0.6) is 0 Å². The monoisotopic (exact) mass is 448 g/mol. The van der Waals surface area contributed by atoms with Crippen molar-refractivity contribution in [3.8, 4) is 0 Å². The van der Waals surface area contributed by atoms with E-state index in [9.17, 15) is 8.42 Å². The molecule has 4 nitrogen and oxygen atoms in total. The van der Waals surface area contributed by atoms with Gasteiger partial charge in [-0.05, 0) is 48.3 Å². The van der Waals surface area contributed by atoms with Crippen molar-refractivity contribution >= 4 is 9.84 Å². The Morgan fingerprint density at radius 3 is 1.81 bits per heavy atom. The molecule has 1 fully saturated rings. The van der Waals surface area contributed by atoms with E-state index in [1.165, 1.54) is 17.4 Å². The van der Waals surface area contributed by atoms with Crippen molar-refractivity contribution < 1.29 is 8.42 Å². The van der Waals surface area contributed by atoms with Gasteiger partial charge in [0.2, 0.25) is 0 Å². The number of sulfone groups is 1. The minimum Gasteiger partial charge on any atom is -0.301 e. The van der Waals surface area contributed by atoms with Gasteiger partial charge < -0.3 is 4.90 Å². The molecule has 3 aromatic carbocycles. The normalized spacial score (nSPS) is 16.2. The van der Waals surface area contributed by atoms with Gasteiger partial charge in [-0.3, -0.25) is 4.90 Å². The molecule has 0 saturated carbocycles. The molecule has 4 rings (SSSR count). The first-order valence-electron chi connectivity index (χ1n) is 11.3. The molecule has 0 radical (unpaired) electrons. The van der Waals surface area contributed by atoms with Crippen molar-refractivity contribution in [1.82, 2.24) is 9.80 Å². The van der Waals surface area contributed by atoms with E-state index in [-0.39, 0.29) is 0 Å². The number of rotatable bonds is 7. The first kappa shape index (κ1) is 22.7. The van der Waals surface area contributed by atoms with Crippen LogP contribution in [0, 0.1) is 0 Å². The van der Waals surface area contributed by atoms with Crippen LogP contribution in [0.2, 0.25) is 0 Å². The van der Waals surface area contributed by atoms with Gasteiger partial charge in [0.1, 0.15) is 0 Å². The third kappa shape index (κ3) is 6.06. The molecule has 0 aromatic heterocycles. The molecular formula is C27H32N2O2S. The maximum absolute atomic E-state index is 11.7. The summed E-state index contributed by atoms with van der Waals surface area (Å²) in [5, 5.41) is 0. The Bertz CT molecular complexity index is 1040. The van der Waals surface area contributed by atoms with E-state index in [0.717, 1.165) is 51.3 Å². The third-order valence-electron chi connectivity index (χ3n) is 6.28. The fraction of sp³-hybridized carbons (Fsp3) is 0.333. The molecule has 168 valence electrons. The smallest absolute Gasteiger partial charge is 0.175 e. The van der Waals surface area contributed by atoms with Crippen LogP contribution in [0.3, 0.4) is 0 Å². The van der Waals surface area contributed by atoms with E-state index in [4.69, 9.17) is 0 Å². The van der Waals surface area contributed by atoms with E-state index < -0.39 is 9.84 Å². The highest BCUT2D eigenvalue weighted by Gasteiger charge is 2.21. The Morgan fingerprint density at radius 2 is 1.25 bits per heavy atom. The lowest BCUT2D eigenvalue weighted by Crippen LogP contribution is -2.33. The van der Waals surface area contributed by atoms with Gasteiger partial charge in [-0.25, -0.2) is 8.42 Å². The molecule has 1 aliphatic heterocycles. The van der Waals surface area contributed by atoms with Crippen LogP contribution < -0.4 is 0 Å². The zero-order valence-electron chi connectivity index (χ0n) is 18.7. The largest absolute Gasteiger partial charge is 0.301 e. The van der Waals surface area contributed by atoms with Crippen LogP contribution in [0.25, 0.3) is 0 Å². The second-order valence-corrected chi connectivity index (χ2v) is 10.7. The average Bonchev–Trinajstić information content (AvgIpc) is 3.03. The van der Waals surface area contributed by atoms with Crippen LogP contribution in [-0.4, -0.2) is 57.2 Å². The summed E-state index contributed by atoms with van der Waals surface area (Å²) in [6.07, 6.45) is 2.39. The van der Waals surface area contributed by atoms with Gasteiger partial charge in [-0.15, -0.1) is 0 Å². The van der Waals surface area contributed by atoms with Gasteiger partial charge in [0.25, 0.3) is 0 Å². The molecule has 1 saturated heterocycles. The summed E-state index contributed by atoms with van der Waals surface area (Å²) < 4.78 is 23.4. The third-order valence-corrected chi connectivity index (χ3v) is 7.41. The van der Waals surface area contributed by atoms with E-state index in [1.807, 2.05) is 12.1 Å². The number of benzene rings is 3. The van der Waals surface area contributed by atoms with Crippen molar-refractivity contribution in [2.45, 2.75) is 23.8 Å². The maximum atomic E-state index is 11.7. The van der Waals surface area contributed by atoms with E-state index in [1.54, 1.807) is 12.1 Å². The maximum Gasteiger partial charge on any atom is 0.175 e. The number of hydrogen-bond donors (Lipinski definition) is 0. The van der Waals surface area contributed by atoms with Crippen LogP contribution in [-0.2, 0) is 16.4 Å². The van der Waals surface area contributed by atoms with Crippen LogP contribution in [0.1, 0.15) is 29.0 Å². The quantitative estimate of drug-likeness (QED) is 0.536. The summed E-state index contributed by atoms with van der Waals surface area (Å²) in [7, 11) is -3.14. The van der Waals surface area contributed by atoms with Crippen molar-refractivity contribution in [3.05, 3.63) is 102 Å². The summed E-state index contributed by atoms with van der Waals surface area (Å²) in [6.45, 7) is 6.09. The molecule has 5 heteroatoms. The average molecular weight is 449 g/mol. The lowest BCUT2D eigenvalue weighted by Gasteiger charge is -2.27. The highest BCUT2D eigenvalue weighted by atomic mass is 32.2. The van der Waals surface area contributed by atoms with Crippen molar-refractivity contribution in [2.75, 3.05) is 39.0 Å². The van der Waals surface area contributed by atoms with Crippen molar-refractivity contribution in [3.63, 3.8) is 0 Å². The Morgan fingerprint density at radius 1 is 0.719 bits per heavy atom. The van der Waals surface area contributed by atoms with Crippen molar-refractivity contribution in [2.24, 2.45) is 0 Å². The molecular weight excluding hydrogens is 416 g/mol. The zero-order valence-corrected chi connectivity index (χ0v) is 19.5. The summed E-state index contributed by atoms with van der Waals surface area (Å²) in [5.41, 5.74) is 3.90. The van der Waals surface area contributed by atoms with Gasteiger partial charge in [0, 0.05) is 38.4 Å². The van der Waals surface area contributed by atoms with Gasteiger partial charge >= 0.3 is 0 Å². The molecule has 1 heterocycles. The summed E-state index contributed by atoms with van der Waals surface area (Å²) in [4.78, 5) is 5.46. The molecule has 0 atom stereocenters. The van der Waals surface area contributed by atoms with E-state index in [2.05, 4.69) is 70.5 Å². The molecule has 0 spiro atoms. The van der Waals surface area contributed by atoms with Crippen LogP contribution in [0.4, 0.5) is 0 Å². The summed E-state index contributed by atoms with van der Waals surface area (Å²) in [5.74, 6) is 0.368. The first-order valence-corrected chi connectivity index (χ1v) is 13.2. The molecule has 32 heavy (non-hydrogen) atoms. The van der Waals surface area contributed by atoms with Crippen LogP contribution >= 0.6 is 0 Å². The van der Waals surface area contributed by atoms with Gasteiger partial charge in [0.15, 0.2) is 9.84 Å². The molecule has 3 aromatic rings. The SMILES string of the molecule is CS(=O)(=O)c1ccc(CN2CCCN(CC(c3ccccc3)c3ccccc3)CC2)cc1. The lowest BCUT2D eigenvalue weighted by atomic mass is 9.91. The second-order valence-electron chi connectivity index (χ2n) is 8.72. The molecule has 0 unspecified atom stereocenters. The Labute approximate surface area is 192 Å². The molecule has 0 amide bonds. The Hall–Kier alpha value is -2.47. The number of hydrogen-bond acceptors (Lipinski definition) is 4. The summed E-state index contributed by atoms with van der Waals surface area (Å²) >= 11 is 0. The minimum atomic E-state index is -3.14. The fourth-order valence-corrected chi connectivity index (χ4v) is 5.13. The Balaban J connectivity index is 1.40. The van der Waals surface area contributed by atoms with E-state index in [0.29, 0.717) is 10.8 Å². The zero-order chi connectivity index (χ0) is 22.4. The Kier molecular flexibility index (Phi) is 7.40. The molecule has 0 aliphatic carbocycles. The second kappa shape index (κ2) is 10.4. The standard InChI is InChI=1S/C27H32N2O2S/c1-32(30,31)26-15-13-23(14-16-26)21-28-17-8-18-29(20-19-28)22-27(24-9-4-2-5-10-24)25-11-6-3-7-12-25/h2-7,9-16,27H,8,17-22H2,1H3. The fourth-order valence-electron chi connectivity index (χ4n) is 4.50. The van der Waals surface area contributed by atoms with Crippen molar-refractivity contribution in [1.29, 1.82) is 0 Å². The van der Waals surface area contributed by atoms with E-state index >= 15 is 0 Å². The first-order chi connectivity index (χ1) is 15.5. The van der Waals surface area contributed by atoms with Crippen LogP contribution in [0.15, 0.2) is 89.8 Å². The highest BCUT2D eigenvalue weighted by molar-refractivity contribution is 7.90. The highest BCUT2D eigenvalue weighted by Crippen LogP contribution is 2.26. The van der Waals surface area contributed by atoms with Gasteiger partial charge in [0.05, 0.1) is 4.90 Å². The lowest BCUT2D eigenvalue weighted by molar-refractivity contribution is 0.247. The van der Waals surface area contributed by atoms with Gasteiger partial charge in [-0.2, -0.15) is 0 Å². The van der Waals surface area contributed by atoms with Gasteiger partial charge in [-0.1, -0.05) is 72.8 Å². The molecule has 1 aliphatic rings.